The van der Waals surface area contributed by atoms with Crippen LogP contribution in [0.5, 0.6) is 11.5 Å². The molecule has 0 aliphatic carbocycles. The minimum atomic E-state index is -0.0512. The van der Waals surface area contributed by atoms with Crippen molar-refractivity contribution >= 4 is 11.6 Å². The molecule has 0 fully saturated rings. The molecule has 0 bridgehead atoms. The van der Waals surface area contributed by atoms with Gasteiger partial charge in [0.25, 0.3) is 5.91 Å². The summed E-state index contributed by atoms with van der Waals surface area (Å²) >= 11 is 0. The average molecular weight is 312 g/mol. The van der Waals surface area contributed by atoms with E-state index >= 15 is 0 Å². The third-order valence-electron chi connectivity index (χ3n) is 3.83. The minimum Gasteiger partial charge on any atom is -0.497 e. The fourth-order valence-electron chi connectivity index (χ4n) is 2.61. The summed E-state index contributed by atoms with van der Waals surface area (Å²) in [5, 5.41) is 2.95. The van der Waals surface area contributed by atoms with Crippen molar-refractivity contribution in [3.8, 4) is 11.5 Å². The van der Waals surface area contributed by atoms with Crippen molar-refractivity contribution in [2.75, 3.05) is 38.3 Å². The lowest BCUT2D eigenvalue weighted by Crippen LogP contribution is -2.39. The molecule has 0 atom stereocenters. The Bertz CT molecular complexity index is 673. The number of hydrogen-bond donors (Lipinski definition) is 1. The normalized spacial score (nSPS) is 13.0. The highest BCUT2D eigenvalue weighted by molar-refractivity contribution is 5.94. The van der Waals surface area contributed by atoms with Gasteiger partial charge in [0.05, 0.1) is 19.3 Å². The first-order valence-corrected chi connectivity index (χ1v) is 7.67. The monoisotopic (exact) mass is 312 g/mol. The topological polar surface area (TPSA) is 50.8 Å². The molecule has 23 heavy (non-hydrogen) atoms. The van der Waals surface area contributed by atoms with Gasteiger partial charge in [0.15, 0.2) is 0 Å². The first kappa shape index (κ1) is 15.2. The van der Waals surface area contributed by atoms with Gasteiger partial charge in [-0.15, -0.1) is 0 Å². The Morgan fingerprint density at radius 2 is 2.09 bits per heavy atom. The summed E-state index contributed by atoms with van der Waals surface area (Å²) in [4.78, 5) is 14.3. The molecule has 5 nitrogen and oxygen atoms in total. The lowest BCUT2D eigenvalue weighted by molar-refractivity contribution is 0.0954. The zero-order valence-corrected chi connectivity index (χ0v) is 13.1. The van der Waals surface area contributed by atoms with Crippen molar-refractivity contribution in [1.82, 2.24) is 5.32 Å². The Morgan fingerprint density at radius 1 is 1.26 bits per heavy atom. The van der Waals surface area contributed by atoms with Gasteiger partial charge >= 0.3 is 0 Å². The number of amides is 1. The quantitative estimate of drug-likeness (QED) is 0.920. The number of fused-ring (bicyclic) bond motifs is 1. The summed E-state index contributed by atoms with van der Waals surface area (Å²) in [6.45, 7) is 2.74. The number of carbonyl (C=O) groups excluding carboxylic acids is 1. The zero-order chi connectivity index (χ0) is 16.1. The number of nitrogens with zero attached hydrogens (tertiary/aromatic N) is 1. The number of carbonyl (C=O) groups is 1. The second kappa shape index (κ2) is 7.05. The standard InChI is InChI=1S/C18H20N2O3/c1-22-15-7-8-17-16(13-15)20(11-12-23-17)10-9-19-18(21)14-5-3-2-4-6-14/h2-8,13H,9-12H2,1H3,(H,19,21). The predicted octanol–water partition coefficient (Wildman–Crippen LogP) is 2.32. The van der Waals surface area contributed by atoms with Crippen molar-refractivity contribution in [3.63, 3.8) is 0 Å². The maximum absolute atomic E-state index is 12.1. The third kappa shape index (κ3) is 3.56. The molecule has 1 N–H and O–H groups in total. The van der Waals surface area contributed by atoms with Crippen LogP contribution in [-0.4, -0.2) is 39.3 Å². The molecule has 2 aromatic carbocycles. The molecule has 120 valence electrons. The van der Waals surface area contributed by atoms with Crippen molar-refractivity contribution in [2.45, 2.75) is 0 Å². The van der Waals surface area contributed by atoms with E-state index in [0.29, 0.717) is 18.7 Å². The molecule has 0 unspecified atom stereocenters. The van der Waals surface area contributed by atoms with Crippen LogP contribution in [0.15, 0.2) is 48.5 Å². The maximum atomic E-state index is 12.1. The molecule has 0 saturated heterocycles. The van der Waals surface area contributed by atoms with Gasteiger partial charge in [0.2, 0.25) is 0 Å². The first-order valence-electron chi connectivity index (χ1n) is 7.67. The smallest absolute Gasteiger partial charge is 0.251 e. The number of nitrogens with one attached hydrogen (secondary N) is 1. The Kier molecular flexibility index (Phi) is 4.66. The molecular weight excluding hydrogens is 292 g/mol. The van der Waals surface area contributed by atoms with Gasteiger partial charge in [-0.25, -0.2) is 0 Å². The maximum Gasteiger partial charge on any atom is 0.251 e. The third-order valence-corrected chi connectivity index (χ3v) is 3.83. The molecule has 0 aromatic heterocycles. The van der Waals surface area contributed by atoms with Crippen molar-refractivity contribution in [1.29, 1.82) is 0 Å². The van der Waals surface area contributed by atoms with Crippen LogP contribution in [0.1, 0.15) is 10.4 Å². The van der Waals surface area contributed by atoms with Crippen LogP contribution in [0.2, 0.25) is 0 Å². The van der Waals surface area contributed by atoms with Crippen LogP contribution in [0.4, 0.5) is 5.69 Å². The van der Waals surface area contributed by atoms with Gasteiger partial charge in [-0.2, -0.15) is 0 Å². The molecule has 3 rings (SSSR count). The number of hydrogen-bond acceptors (Lipinski definition) is 4. The number of methoxy groups -OCH3 is 1. The molecule has 1 amide bonds. The summed E-state index contributed by atoms with van der Waals surface area (Å²) in [6.07, 6.45) is 0. The number of benzene rings is 2. The SMILES string of the molecule is COc1ccc2c(c1)N(CCNC(=O)c1ccccc1)CCO2. The lowest BCUT2D eigenvalue weighted by Gasteiger charge is -2.31. The van der Waals surface area contributed by atoms with Gasteiger partial charge in [0.1, 0.15) is 18.1 Å². The van der Waals surface area contributed by atoms with E-state index in [2.05, 4.69) is 10.2 Å². The average Bonchev–Trinajstić information content (AvgIpc) is 2.62. The summed E-state index contributed by atoms with van der Waals surface area (Å²) in [6, 6.07) is 15.0. The zero-order valence-electron chi connectivity index (χ0n) is 13.1. The van der Waals surface area contributed by atoms with E-state index in [1.54, 1.807) is 7.11 Å². The Morgan fingerprint density at radius 3 is 2.87 bits per heavy atom. The van der Waals surface area contributed by atoms with Gasteiger partial charge in [0, 0.05) is 24.7 Å². The van der Waals surface area contributed by atoms with Crippen LogP contribution in [0, 0.1) is 0 Å². The number of rotatable bonds is 5. The van der Waals surface area contributed by atoms with Crippen molar-refractivity contribution in [3.05, 3.63) is 54.1 Å². The summed E-state index contributed by atoms with van der Waals surface area (Å²) in [5.41, 5.74) is 1.68. The second-order valence-electron chi connectivity index (χ2n) is 5.29. The van der Waals surface area contributed by atoms with Crippen LogP contribution >= 0.6 is 0 Å². The first-order chi connectivity index (χ1) is 11.3. The second-order valence-corrected chi connectivity index (χ2v) is 5.29. The predicted molar refractivity (Wildman–Crippen MR) is 89.5 cm³/mol. The molecule has 5 heteroatoms. The minimum absolute atomic E-state index is 0.0512. The molecule has 1 heterocycles. The Hall–Kier alpha value is -2.69. The number of ether oxygens (including phenoxy) is 2. The van der Waals surface area contributed by atoms with Gasteiger partial charge in [-0.1, -0.05) is 18.2 Å². The molecule has 2 aromatic rings. The van der Waals surface area contributed by atoms with Crippen molar-refractivity contribution < 1.29 is 14.3 Å². The van der Waals surface area contributed by atoms with Gasteiger partial charge in [-0.05, 0) is 24.3 Å². The summed E-state index contributed by atoms with van der Waals surface area (Å²) in [7, 11) is 1.65. The highest BCUT2D eigenvalue weighted by Gasteiger charge is 2.18. The Balaban J connectivity index is 1.60. The van der Waals surface area contributed by atoms with Crippen LogP contribution in [0.25, 0.3) is 0 Å². The summed E-state index contributed by atoms with van der Waals surface area (Å²) in [5.74, 6) is 1.60. The Labute approximate surface area is 135 Å². The highest BCUT2D eigenvalue weighted by atomic mass is 16.5. The molecule has 0 saturated carbocycles. The van der Waals surface area contributed by atoms with Crippen LogP contribution < -0.4 is 19.7 Å². The molecule has 1 aliphatic heterocycles. The molecule has 0 spiro atoms. The van der Waals surface area contributed by atoms with E-state index in [0.717, 1.165) is 30.3 Å². The fraction of sp³-hybridized carbons (Fsp3) is 0.278. The van der Waals surface area contributed by atoms with Gasteiger partial charge in [-0.3, -0.25) is 4.79 Å². The molecular formula is C18H20N2O3. The van der Waals surface area contributed by atoms with Crippen LogP contribution in [0.3, 0.4) is 0 Å². The summed E-state index contributed by atoms with van der Waals surface area (Å²) < 4.78 is 10.9. The lowest BCUT2D eigenvalue weighted by atomic mass is 10.2. The highest BCUT2D eigenvalue weighted by Crippen LogP contribution is 2.34. The van der Waals surface area contributed by atoms with E-state index in [9.17, 15) is 4.79 Å². The van der Waals surface area contributed by atoms with E-state index in [-0.39, 0.29) is 5.91 Å². The van der Waals surface area contributed by atoms with E-state index in [1.807, 2.05) is 48.5 Å². The van der Waals surface area contributed by atoms with Crippen LogP contribution in [-0.2, 0) is 0 Å². The van der Waals surface area contributed by atoms with Gasteiger partial charge < -0.3 is 19.7 Å². The van der Waals surface area contributed by atoms with E-state index < -0.39 is 0 Å². The van der Waals surface area contributed by atoms with E-state index in [4.69, 9.17) is 9.47 Å². The number of anilines is 1. The largest absolute Gasteiger partial charge is 0.497 e. The van der Waals surface area contributed by atoms with E-state index in [1.165, 1.54) is 0 Å². The fourth-order valence-corrected chi connectivity index (χ4v) is 2.61. The van der Waals surface area contributed by atoms with Crippen molar-refractivity contribution in [2.24, 2.45) is 0 Å². The molecule has 0 radical (unpaired) electrons. The molecule has 1 aliphatic rings.